The van der Waals surface area contributed by atoms with Crippen LogP contribution in [0.15, 0.2) is 181 Å². The maximum atomic E-state index is 5.16. The fourth-order valence-electron chi connectivity index (χ4n) is 7.73. The van der Waals surface area contributed by atoms with Gasteiger partial charge in [0, 0.05) is 64.4 Å². The van der Waals surface area contributed by atoms with Crippen molar-refractivity contribution in [2.24, 2.45) is 0 Å². The third kappa shape index (κ3) is 5.45. The minimum Gasteiger partial charge on any atom is -0.309 e. The van der Waals surface area contributed by atoms with E-state index in [1.54, 1.807) is 22.7 Å². The van der Waals surface area contributed by atoms with E-state index in [2.05, 4.69) is 185 Å². The van der Waals surface area contributed by atoms with Crippen LogP contribution in [0.25, 0.3) is 104 Å². The minimum atomic E-state index is 0.638. The molecular weight excluding hydrogens is 709 g/mol. The summed E-state index contributed by atoms with van der Waals surface area (Å²) in [5.41, 5.74) is 11.1. The summed E-state index contributed by atoms with van der Waals surface area (Å²) in [4.78, 5) is 15.4. The molecule has 0 saturated heterocycles. The van der Waals surface area contributed by atoms with Crippen molar-refractivity contribution < 1.29 is 0 Å². The molecule has 0 atom stereocenters. The monoisotopic (exact) mass is 738 g/mol. The number of rotatable bonds is 6. The Morgan fingerprint density at radius 2 is 0.782 bits per heavy atom. The Morgan fingerprint density at radius 1 is 0.345 bits per heavy atom. The number of aromatic nitrogens is 4. The van der Waals surface area contributed by atoms with Crippen LogP contribution in [-0.4, -0.2) is 19.5 Å². The van der Waals surface area contributed by atoms with Gasteiger partial charge in [0.15, 0.2) is 17.5 Å². The normalized spacial score (nSPS) is 11.6. The van der Waals surface area contributed by atoms with Crippen LogP contribution in [0.4, 0.5) is 0 Å². The molecule has 0 amide bonds. The zero-order valence-corrected chi connectivity index (χ0v) is 31.1. The number of hydrogen-bond acceptors (Lipinski definition) is 5. The molecule has 11 rings (SSSR count). The first-order valence-corrected chi connectivity index (χ1v) is 20.0. The summed E-state index contributed by atoms with van der Waals surface area (Å²) in [6, 6.07) is 60.1. The van der Waals surface area contributed by atoms with E-state index in [-0.39, 0.29) is 0 Å². The molecule has 7 aromatic carbocycles. The molecule has 6 heteroatoms. The van der Waals surface area contributed by atoms with Crippen LogP contribution >= 0.6 is 22.7 Å². The van der Waals surface area contributed by atoms with Crippen molar-refractivity contribution in [3.8, 4) is 62.1 Å². The predicted octanol–water partition coefficient (Wildman–Crippen LogP) is 13.7. The second-order valence-electron chi connectivity index (χ2n) is 13.7. The maximum Gasteiger partial charge on any atom is 0.164 e. The van der Waals surface area contributed by atoms with E-state index < -0.39 is 0 Å². The Labute approximate surface area is 325 Å². The van der Waals surface area contributed by atoms with Crippen LogP contribution in [-0.2, 0) is 0 Å². The quantitative estimate of drug-likeness (QED) is 0.171. The van der Waals surface area contributed by atoms with Gasteiger partial charge in [0.1, 0.15) is 0 Å². The van der Waals surface area contributed by atoms with Gasteiger partial charge >= 0.3 is 0 Å². The van der Waals surface area contributed by atoms with Crippen molar-refractivity contribution in [1.29, 1.82) is 0 Å². The molecule has 55 heavy (non-hydrogen) atoms. The summed E-state index contributed by atoms with van der Waals surface area (Å²) in [6.07, 6.45) is 0. The molecule has 11 aromatic rings. The first-order valence-electron chi connectivity index (χ1n) is 18.2. The van der Waals surface area contributed by atoms with Crippen molar-refractivity contribution in [2.45, 2.75) is 0 Å². The van der Waals surface area contributed by atoms with Crippen LogP contribution in [0.3, 0.4) is 0 Å². The van der Waals surface area contributed by atoms with Crippen LogP contribution in [0.1, 0.15) is 0 Å². The molecule has 0 spiro atoms. The number of para-hydroxylation sites is 2. The average Bonchev–Trinajstić information content (AvgIpc) is 3.98. The Bertz CT molecular complexity index is 3060. The lowest BCUT2D eigenvalue weighted by Crippen LogP contribution is -2.00. The minimum absolute atomic E-state index is 0.638. The van der Waals surface area contributed by atoms with Crippen LogP contribution in [0, 0.1) is 0 Å². The van der Waals surface area contributed by atoms with E-state index >= 15 is 0 Å². The summed E-state index contributed by atoms with van der Waals surface area (Å²) in [6.45, 7) is 0. The molecule has 0 aliphatic carbocycles. The smallest absolute Gasteiger partial charge is 0.164 e. The van der Waals surface area contributed by atoms with E-state index in [0.717, 1.165) is 38.8 Å². The third-order valence-electron chi connectivity index (χ3n) is 10.5. The summed E-state index contributed by atoms with van der Waals surface area (Å²) in [5, 5.41) is 9.37. The predicted molar refractivity (Wildman–Crippen MR) is 232 cm³/mol. The van der Waals surface area contributed by atoms with Gasteiger partial charge in [-0.3, -0.25) is 0 Å². The largest absolute Gasteiger partial charge is 0.309 e. The molecular formula is C49H30N4S2. The van der Waals surface area contributed by atoms with Gasteiger partial charge in [0.2, 0.25) is 0 Å². The summed E-state index contributed by atoms with van der Waals surface area (Å²) >= 11 is 3.55. The zero-order chi connectivity index (χ0) is 36.3. The lowest BCUT2D eigenvalue weighted by Gasteiger charge is -2.10. The van der Waals surface area contributed by atoms with E-state index in [9.17, 15) is 0 Å². The highest BCUT2D eigenvalue weighted by Gasteiger charge is 2.17. The second kappa shape index (κ2) is 13.0. The lowest BCUT2D eigenvalue weighted by molar-refractivity contribution is 1.07. The number of hydrogen-bond donors (Lipinski definition) is 0. The molecule has 0 bridgehead atoms. The van der Waals surface area contributed by atoms with Crippen molar-refractivity contribution in [2.75, 3.05) is 0 Å². The molecule has 0 unspecified atom stereocenters. The highest BCUT2D eigenvalue weighted by Crippen LogP contribution is 2.38. The Balaban J connectivity index is 1.05. The molecule has 4 heterocycles. The topological polar surface area (TPSA) is 43.6 Å². The number of benzene rings is 7. The SMILES string of the molecule is c1ccc(-n2c3ccccc3c3cc(-c4nc(-c5ccc(-c6csc7ccccc67)cc5)nc(-c5ccc(-c6csc7ccccc67)cc5)n4)ccc32)cc1. The van der Waals surface area contributed by atoms with Gasteiger partial charge in [-0.25, -0.2) is 15.0 Å². The molecule has 0 saturated carbocycles. The van der Waals surface area contributed by atoms with Crippen LogP contribution in [0.5, 0.6) is 0 Å². The van der Waals surface area contributed by atoms with E-state index in [0.29, 0.717) is 17.5 Å². The van der Waals surface area contributed by atoms with Crippen molar-refractivity contribution in [3.63, 3.8) is 0 Å². The van der Waals surface area contributed by atoms with E-state index in [1.165, 1.54) is 47.8 Å². The molecule has 258 valence electrons. The summed E-state index contributed by atoms with van der Waals surface area (Å²) in [7, 11) is 0. The molecule has 0 aliphatic rings. The van der Waals surface area contributed by atoms with Gasteiger partial charge in [-0.15, -0.1) is 22.7 Å². The standard InChI is InChI=1S/C49H30N4S2/c1-2-10-36(11-3-1)53-43-15-7-4-12-37(43)40-28-35(26-27-44(40)53)49-51-47(33-22-18-31(19-23-33)41-29-54-45-16-8-5-13-38(41)45)50-48(52-49)34-24-20-32(21-25-34)42-30-55-46-17-9-6-14-39(42)46/h1-30H. The first kappa shape index (κ1) is 31.8. The van der Waals surface area contributed by atoms with Crippen LogP contribution < -0.4 is 0 Å². The fourth-order valence-corrected chi connectivity index (χ4v) is 9.67. The van der Waals surface area contributed by atoms with E-state index in [1.807, 2.05) is 0 Å². The van der Waals surface area contributed by atoms with Crippen molar-refractivity contribution >= 4 is 64.7 Å². The number of thiophene rings is 2. The number of nitrogens with zero attached hydrogens (tertiary/aromatic N) is 4. The molecule has 0 radical (unpaired) electrons. The average molecular weight is 739 g/mol. The first-order chi connectivity index (χ1) is 27.2. The van der Waals surface area contributed by atoms with Crippen molar-refractivity contribution in [3.05, 3.63) is 181 Å². The Hall–Kier alpha value is -6.73. The van der Waals surface area contributed by atoms with Crippen molar-refractivity contribution in [1.82, 2.24) is 19.5 Å². The Morgan fingerprint density at radius 3 is 1.36 bits per heavy atom. The summed E-state index contributed by atoms with van der Waals surface area (Å²) in [5.74, 6) is 1.92. The van der Waals surface area contributed by atoms with Gasteiger partial charge in [0.25, 0.3) is 0 Å². The summed E-state index contributed by atoms with van der Waals surface area (Å²) < 4.78 is 4.90. The maximum absolute atomic E-state index is 5.16. The third-order valence-corrected chi connectivity index (χ3v) is 12.4. The van der Waals surface area contributed by atoms with Crippen LogP contribution in [0.2, 0.25) is 0 Å². The van der Waals surface area contributed by atoms with Gasteiger partial charge in [0.05, 0.1) is 11.0 Å². The lowest BCUT2D eigenvalue weighted by atomic mass is 10.0. The second-order valence-corrected chi connectivity index (χ2v) is 15.5. The highest BCUT2D eigenvalue weighted by atomic mass is 32.1. The van der Waals surface area contributed by atoms with Gasteiger partial charge in [-0.05, 0) is 70.4 Å². The molecule has 0 N–H and O–H groups in total. The zero-order valence-electron chi connectivity index (χ0n) is 29.4. The fraction of sp³-hybridized carbons (Fsp3) is 0. The van der Waals surface area contributed by atoms with E-state index in [4.69, 9.17) is 15.0 Å². The highest BCUT2D eigenvalue weighted by molar-refractivity contribution is 7.18. The molecule has 4 aromatic heterocycles. The van der Waals surface area contributed by atoms with Gasteiger partial charge in [-0.2, -0.15) is 0 Å². The Kier molecular flexibility index (Phi) is 7.50. The molecule has 0 aliphatic heterocycles. The van der Waals surface area contributed by atoms with Gasteiger partial charge < -0.3 is 4.57 Å². The van der Waals surface area contributed by atoms with Gasteiger partial charge in [-0.1, -0.05) is 121 Å². The number of fused-ring (bicyclic) bond motifs is 5. The molecule has 4 nitrogen and oxygen atoms in total. The molecule has 0 fully saturated rings.